The molecule has 2 N–H and O–H groups in total. The number of H-pyrrole nitrogens is 1. The molecule has 0 bridgehead atoms. The van der Waals surface area contributed by atoms with E-state index in [2.05, 4.69) is 10.3 Å². The number of fused-ring (bicyclic) bond motifs is 1. The Hall–Kier alpha value is -2.26. The van der Waals surface area contributed by atoms with Crippen molar-refractivity contribution < 1.29 is 4.79 Å². The summed E-state index contributed by atoms with van der Waals surface area (Å²) in [5.41, 5.74) is 3.49. The van der Waals surface area contributed by atoms with Crippen LogP contribution in [0.5, 0.6) is 0 Å². The molecule has 2 aromatic carbocycles. The molecule has 1 aromatic heterocycles. The van der Waals surface area contributed by atoms with E-state index >= 15 is 0 Å². The second-order valence-electron chi connectivity index (χ2n) is 4.98. The Balaban J connectivity index is 1.83. The third-order valence-electron chi connectivity index (χ3n) is 3.54. The van der Waals surface area contributed by atoms with Gasteiger partial charge in [-0.3, -0.25) is 4.79 Å². The molecule has 0 atom stereocenters. The number of benzene rings is 2. The van der Waals surface area contributed by atoms with E-state index < -0.39 is 0 Å². The van der Waals surface area contributed by atoms with E-state index in [0.717, 1.165) is 22.0 Å². The minimum Gasteiger partial charge on any atom is -0.350 e. The van der Waals surface area contributed by atoms with Crippen molar-refractivity contribution in [1.29, 1.82) is 0 Å². The van der Waals surface area contributed by atoms with E-state index in [1.165, 1.54) is 0 Å². The first-order valence-corrected chi connectivity index (χ1v) is 7.13. The second kappa shape index (κ2) is 5.62. The van der Waals surface area contributed by atoms with Crippen LogP contribution in [0.2, 0.25) is 5.02 Å². The van der Waals surface area contributed by atoms with Gasteiger partial charge in [0, 0.05) is 22.5 Å². The van der Waals surface area contributed by atoms with Gasteiger partial charge >= 0.3 is 0 Å². The summed E-state index contributed by atoms with van der Waals surface area (Å²) in [5, 5.41) is 4.57. The molecule has 106 valence electrons. The summed E-state index contributed by atoms with van der Waals surface area (Å²) in [5.74, 6) is -0.108. The Kier molecular flexibility index (Phi) is 3.67. The van der Waals surface area contributed by atoms with E-state index in [4.69, 9.17) is 11.6 Å². The largest absolute Gasteiger partial charge is 0.350 e. The van der Waals surface area contributed by atoms with Crippen LogP contribution < -0.4 is 5.32 Å². The molecular formula is C17H15ClN2O. The molecule has 21 heavy (non-hydrogen) atoms. The summed E-state index contributed by atoms with van der Waals surface area (Å²) in [6.07, 6.45) is 0. The topological polar surface area (TPSA) is 44.9 Å². The number of rotatable bonds is 3. The molecule has 0 radical (unpaired) electrons. The van der Waals surface area contributed by atoms with Crippen LogP contribution in [0.15, 0.2) is 48.5 Å². The number of carbonyl (C=O) groups excluding carboxylic acids is 1. The van der Waals surface area contributed by atoms with Gasteiger partial charge in [-0.25, -0.2) is 0 Å². The van der Waals surface area contributed by atoms with E-state index in [1.54, 1.807) is 0 Å². The average molecular weight is 299 g/mol. The minimum atomic E-state index is -0.108. The number of aryl methyl sites for hydroxylation is 1. The number of aromatic nitrogens is 1. The Labute approximate surface area is 127 Å². The lowest BCUT2D eigenvalue weighted by Crippen LogP contribution is -2.23. The highest BCUT2D eigenvalue weighted by atomic mass is 35.5. The second-order valence-corrected chi connectivity index (χ2v) is 5.42. The maximum atomic E-state index is 12.3. The molecule has 1 amide bonds. The lowest BCUT2D eigenvalue weighted by molar-refractivity contribution is 0.0946. The van der Waals surface area contributed by atoms with Crippen molar-refractivity contribution in [1.82, 2.24) is 10.3 Å². The van der Waals surface area contributed by atoms with Crippen LogP contribution in [0.3, 0.4) is 0 Å². The van der Waals surface area contributed by atoms with Crippen LogP contribution >= 0.6 is 11.6 Å². The van der Waals surface area contributed by atoms with E-state index in [0.29, 0.717) is 17.3 Å². The molecular weight excluding hydrogens is 284 g/mol. The number of aromatic amines is 1. The van der Waals surface area contributed by atoms with Gasteiger partial charge in [-0.1, -0.05) is 41.9 Å². The molecule has 4 heteroatoms. The van der Waals surface area contributed by atoms with Gasteiger partial charge in [-0.05, 0) is 36.2 Å². The first-order valence-electron chi connectivity index (χ1n) is 6.75. The number of hydrogen-bond acceptors (Lipinski definition) is 1. The van der Waals surface area contributed by atoms with Crippen LogP contribution in [0.4, 0.5) is 0 Å². The van der Waals surface area contributed by atoms with Crippen LogP contribution in [-0.4, -0.2) is 10.9 Å². The number of carbonyl (C=O) groups is 1. The molecule has 0 aliphatic rings. The fraction of sp³-hybridized carbons (Fsp3) is 0.118. The van der Waals surface area contributed by atoms with Gasteiger partial charge in [0.2, 0.25) is 0 Å². The number of halogens is 1. The standard InChI is InChI=1S/C17H15ClN2O/c1-11-14-9-13(18)7-8-15(14)20-16(11)17(21)19-10-12-5-3-2-4-6-12/h2-9,20H,10H2,1H3,(H,19,21). The van der Waals surface area contributed by atoms with Crippen molar-refractivity contribution >= 4 is 28.4 Å². The molecule has 3 nitrogen and oxygen atoms in total. The molecule has 0 aliphatic carbocycles. The first-order chi connectivity index (χ1) is 10.1. The molecule has 0 unspecified atom stereocenters. The lowest BCUT2D eigenvalue weighted by Gasteiger charge is -2.04. The average Bonchev–Trinajstić information content (AvgIpc) is 2.83. The molecule has 0 spiro atoms. The van der Waals surface area contributed by atoms with Gasteiger partial charge < -0.3 is 10.3 Å². The Bertz CT molecular complexity index is 793. The Morgan fingerprint density at radius 1 is 1.19 bits per heavy atom. The predicted octanol–water partition coefficient (Wildman–Crippen LogP) is 4.06. The number of nitrogens with one attached hydrogen (secondary N) is 2. The predicted molar refractivity (Wildman–Crippen MR) is 85.7 cm³/mol. The molecule has 0 aliphatic heterocycles. The van der Waals surface area contributed by atoms with E-state index in [9.17, 15) is 4.79 Å². The van der Waals surface area contributed by atoms with Gasteiger partial charge in [0.05, 0.1) is 0 Å². The summed E-state index contributed by atoms with van der Waals surface area (Å²) in [7, 11) is 0. The van der Waals surface area contributed by atoms with Crippen molar-refractivity contribution in [2.45, 2.75) is 13.5 Å². The summed E-state index contributed by atoms with van der Waals surface area (Å²) < 4.78 is 0. The van der Waals surface area contributed by atoms with Crippen molar-refractivity contribution in [2.75, 3.05) is 0 Å². The highest BCUT2D eigenvalue weighted by Gasteiger charge is 2.14. The van der Waals surface area contributed by atoms with Gasteiger partial charge in [0.25, 0.3) is 5.91 Å². The van der Waals surface area contributed by atoms with Gasteiger partial charge in [0.1, 0.15) is 5.69 Å². The zero-order valence-corrected chi connectivity index (χ0v) is 12.4. The lowest BCUT2D eigenvalue weighted by atomic mass is 10.1. The number of amides is 1. The maximum absolute atomic E-state index is 12.3. The van der Waals surface area contributed by atoms with Gasteiger partial charge in [0.15, 0.2) is 0 Å². The Morgan fingerprint density at radius 3 is 2.71 bits per heavy atom. The molecule has 1 heterocycles. The fourth-order valence-corrected chi connectivity index (χ4v) is 2.56. The minimum absolute atomic E-state index is 0.108. The van der Waals surface area contributed by atoms with E-state index in [1.807, 2.05) is 55.5 Å². The summed E-state index contributed by atoms with van der Waals surface area (Å²) in [4.78, 5) is 15.5. The highest BCUT2D eigenvalue weighted by molar-refractivity contribution is 6.31. The van der Waals surface area contributed by atoms with Crippen molar-refractivity contribution in [3.8, 4) is 0 Å². The quantitative estimate of drug-likeness (QED) is 0.752. The van der Waals surface area contributed by atoms with Crippen LogP contribution in [0.1, 0.15) is 21.6 Å². The normalized spacial score (nSPS) is 10.8. The van der Waals surface area contributed by atoms with Crippen LogP contribution in [-0.2, 0) is 6.54 Å². The first kappa shape index (κ1) is 13.7. The molecule has 3 aromatic rings. The molecule has 0 saturated carbocycles. The SMILES string of the molecule is Cc1c(C(=O)NCc2ccccc2)[nH]c2ccc(Cl)cc12. The molecule has 3 rings (SSSR count). The molecule has 0 fully saturated rings. The van der Waals surface area contributed by atoms with Gasteiger partial charge in [-0.2, -0.15) is 0 Å². The van der Waals surface area contributed by atoms with Crippen LogP contribution in [0, 0.1) is 6.92 Å². The van der Waals surface area contributed by atoms with Crippen molar-refractivity contribution in [3.05, 3.63) is 70.4 Å². The fourth-order valence-electron chi connectivity index (χ4n) is 2.39. The molecule has 0 saturated heterocycles. The number of hydrogen-bond donors (Lipinski definition) is 2. The highest BCUT2D eigenvalue weighted by Crippen LogP contribution is 2.24. The third kappa shape index (κ3) is 2.78. The van der Waals surface area contributed by atoms with Gasteiger partial charge in [-0.15, -0.1) is 0 Å². The summed E-state index contributed by atoms with van der Waals surface area (Å²) in [6, 6.07) is 15.4. The zero-order valence-electron chi connectivity index (χ0n) is 11.6. The summed E-state index contributed by atoms with van der Waals surface area (Å²) in [6.45, 7) is 2.43. The maximum Gasteiger partial charge on any atom is 0.268 e. The van der Waals surface area contributed by atoms with Crippen molar-refractivity contribution in [2.24, 2.45) is 0 Å². The van der Waals surface area contributed by atoms with E-state index in [-0.39, 0.29) is 5.91 Å². The Morgan fingerprint density at radius 2 is 1.95 bits per heavy atom. The van der Waals surface area contributed by atoms with Crippen LogP contribution in [0.25, 0.3) is 10.9 Å². The monoisotopic (exact) mass is 298 g/mol. The summed E-state index contributed by atoms with van der Waals surface area (Å²) >= 11 is 6.01. The smallest absolute Gasteiger partial charge is 0.268 e. The zero-order chi connectivity index (χ0) is 14.8. The van der Waals surface area contributed by atoms with Crippen molar-refractivity contribution in [3.63, 3.8) is 0 Å². The third-order valence-corrected chi connectivity index (χ3v) is 3.78.